The smallest absolute Gasteiger partial charge is 0.211 e. The second kappa shape index (κ2) is 9.65. The molecule has 0 aliphatic carbocycles. The molecular weight excluding hydrogens is 444 g/mol. The summed E-state index contributed by atoms with van der Waals surface area (Å²) in [7, 11) is -3.84. The Morgan fingerprint density at radius 2 is 1.50 bits per heavy atom. The molecule has 0 fully saturated rings. The number of nitrogens with one attached hydrogen (secondary N) is 2. The van der Waals surface area contributed by atoms with E-state index in [1.807, 2.05) is 51.1 Å². The predicted molar refractivity (Wildman–Crippen MR) is 136 cm³/mol. The van der Waals surface area contributed by atoms with Gasteiger partial charge in [-0.1, -0.05) is 48.0 Å². The van der Waals surface area contributed by atoms with Gasteiger partial charge in [0.2, 0.25) is 9.84 Å². The lowest BCUT2D eigenvalue weighted by atomic mass is 10.1. The highest BCUT2D eigenvalue weighted by Gasteiger charge is 2.24. The molecule has 0 unspecified atom stereocenters. The normalized spacial score (nSPS) is 11.3. The van der Waals surface area contributed by atoms with Crippen LogP contribution in [0.4, 0.5) is 17.2 Å². The molecule has 3 aromatic carbocycles. The van der Waals surface area contributed by atoms with Crippen LogP contribution in [0.1, 0.15) is 28.1 Å². The van der Waals surface area contributed by atoms with Crippen LogP contribution in [0.2, 0.25) is 0 Å². The van der Waals surface area contributed by atoms with Gasteiger partial charge in [-0.15, -0.1) is 0 Å². The Balaban J connectivity index is 1.62. The van der Waals surface area contributed by atoms with Gasteiger partial charge in [0.15, 0.2) is 5.82 Å². The third kappa shape index (κ3) is 5.10. The van der Waals surface area contributed by atoms with Crippen LogP contribution in [0.25, 0.3) is 0 Å². The zero-order valence-corrected chi connectivity index (χ0v) is 20.6. The summed E-state index contributed by atoms with van der Waals surface area (Å²) in [6.45, 7) is 8.41. The minimum Gasteiger partial charge on any atom is -0.381 e. The van der Waals surface area contributed by atoms with Gasteiger partial charge in [0.25, 0.3) is 0 Å². The molecule has 0 bridgehead atoms. The lowest BCUT2D eigenvalue weighted by Crippen LogP contribution is -2.10. The van der Waals surface area contributed by atoms with Gasteiger partial charge >= 0.3 is 0 Å². The SMILES string of the molecule is Cc1cc(C)c(Nc2nc(C)ncc2S(=O)(=O)c2ccc(NCc3ccccc3)cc2)c(C)c1. The van der Waals surface area contributed by atoms with Gasteiger partial charge in [0, 0.05) is 17.9 Å². The minimum absolute atomic E-state index is 0.0440. The molecule has 0 amide bonds. The number of aryl methyl sites for hydroxylation is 4. The Bertz CT molecular complexity index is 1390. The zero-order valence-electron chi connectivity index (χ0n) is 19.8. The van der Waals surface area contributed by atoms with Crippen LogP contribution in [0.5, 0.6) is 0 Å². The van der Waals surface area contributed by atoms with E-state index >= 15 is 0 Å². The van der Waals surface area contributed by atoms with Crippen molar-refractivity contribution in [1.82, 2.24) is 9.97 Å². The van der Waals surface area contributed by atoms with E-state index in [2.05, 4.69) is 32.7 Å². The minimum atomic E-state index is -3.84. The van der Waals surface area contributed by atoms with Crippen molar-refractivity contribution in [2.24, 2.45) is 0 Å². The molecule has 174 valence electrons. The summed E-state index contributed by atoms with van der Waals surface area (Å²) < 4.78 is 27.1. The Morgan fingerprint density at radius 1 is 0.853 bits per heavy atom. The molecule has 0 spiro atoms. The fourth-order valence-corrected chi connectivity index (χ4v) is 5.21. The topological polar surface area (TPSA) is 84.0 Å². The number of aromatic nitrogens is 2. The maximum absolute atomic E-state index is 13.5. The maximum Gasteiger partial charge on any atom is 0.211 e. The number of hydrogen-bond donors (Lipinski definition) is 2. The molecule has 2 N–H and O–H groups in total. The third-order valence-corrected chi connectivity index (χ3v) is 7.36. The fraction of sp³-hybridized carbons (Fsp3) is 0.185. The van der Waals surface area contributed by atoms with Gasteiger partial charge in [0.1, 0.15) is 10.7 Å². The average Bonchev–Trinajstić information content (AvgIpc) is 2.81. The second-order valence-electron chi connectivity index (χ2n) is 8.40. The molecule has 0 saturated heterocycles. The summed E-state index contributed by atoms with van der Waals surface area (Å²) in [5, 5.41) is 6.58. The van der Waals surface area contributed by atoms with Crippen molar-refractivity contribution in [3.05, 3.63) is 101 Å². The Hall–Kier alpha value is -3.71. The fourth-order valence-electron chi connectivity index (χ4n) is 3.92. The molecule has 1 heterocycles. The van der Waals surface area contributed by atoms with Crippen LogP contribution in [-0.4, -0.2) is 18.4 Å². The zero-order chi connectivity index (χ0) is 24.3. The number of hydrogen-bond acceptors (Lipinski definition) is 6. The second-order valence-corrected chi connectivity index (χ2v) is 10.3. The largest absolute Gasteiger partial charge is 0.381 e. The van der Waals surface area contributed by atoms with Crippen LogP contribution in [-0.2, 0) is 16.4 Å². The molecule has 0 aliphatic heterocycles. The highest BCUT2D eigenvalue weighted by atomic mass is 32.2. The standard InChI is InChI=1S/C27H28N4O2S/c1-18-14-19(2)26(20(3)15-18)31-27-25(17-28-21(4)30-27)34(32,33)24-12-10-23(11-13-24)29-16-22-8-6-5-7-9-22/h5-15,17,29H,16H2,1-4H3,(H,28,30,31). The van der Waals surface area contributed by atoms with Crippen molar-refractivity contribution in [1.29, 1.82) is 0 Å². The molecule has 4 aromatic rings. The van der Waals surface area contributed by atoms with E-state index in [1.165, 1.54) is 6.20 Å². The Morgan fingerprint density at radius 3 is 2.15 bits per heavy atom. The molecule has 0 atom stereocenters. The van der Waals surface area contributed by atoms with E-state index in [0.29, 0.717) is 12.4 Å². The number of sulfone groups is 1. The number of anilines is 3. The first-order valence-corrected chi connectivity index (χ1v) is 12.5. The molecule has 34 heavy (non-hydrogen) atoms. The number of rotatable bonds is 7. The van der Waals surface area contributed by atoms with Crippen LogP contribution in [0, 0.1) is 27.7 Å². The number of nitrogens with zero attached hydrogens (tertiary/aromatic N) is 2. The first-order chi connectivity index (χ1) is 16.2. The molecule has 6 nitrogen and oxygen atoms in total. The highest BCUT2D eigenvalue weighted by Crippen LogP contribution is 2.31. The summed E-state index contributed by atoms with van der Waals surface area (Å²) in [5.74, 6) is 0.762. The summed E-state index contributed by atoms with van der Waals surface area (Å²) >= 11 is 0. The molecule has 0 aliphatic rings. The van der Waals surface area contributed by atoms with Crippen molar-refractivity contribution >= 4 is 27.0 Å². The van der Waals surface area contributed by atoms with E-state index in [-0.39, 0.29) is 15.6 Å². The van der Waals surface area contributed by atoms with Crippen molar-refractivity contribution in [2.75, 3.05) is 10.6 Å². The molecule has 4 rings (SSSR count). The van der Waals surface area contributed by atoms with E-state index in [0.717, 1.165) is 33.6 Å². The van der Waals surface area contributed by atoms with Crippen molar-refractivity contribution in [2.45, 2.75) is 44.0 Å². The first-order valence-electron chi connectivity index (χ1n) is 11.1. The van der Waals surface area contributed by atoms with Crippen LogP contribution >= 0.6 is 0 Å². The van der Waals surface area contributed by atoms with Crippen LogP contribution in [0.3, 0.4) is 0 Å². The van der Waals surface area contributed by atoms with Gasteiger partial charge in [0.05, 0.1) is 11.1 Å². The van der Waals surface area contributed by atoms with Gasteiger partial charge in [-0.25, -0.2) is 18.4 Å². The van der Waals surface area contributed by atoms with Gasteiger partial charge in [-0.3, -0.25) is 0 Å². The number of benzene rings is 3. The van der Waals surface area contributed by atoms with Crippen LogP contribution < -0.4 is 10.6 Å². The highest BCUT2D eigenvalue weighted by molar-refractivity contribution is 7.91. The Labute approximate surface area is 201 Å². The molecular formula is C27H28N4O2S. The summed E-state index contributed by atoms with van der Waals surface area (Å²) in [6.07, 6.45) is 1.38. The third-order valence-electron chi connectivity index (χ3n) is 5.59. The summed E-state index contributed by atoms with van der Waals surface area (Å²) in [6, 6.07) is 20.9. The van der Waals surface area contributed by atoms with E-state index < -0.39 is 9.84 Å². The summed E-state index contributed by atoms with van der Waals surface area (Å²) in [4.78, 5) is 8.83. The summed E-state index contributed by atoms with van der Waals surface area (Å²) in [5.41, 5.74) is 6.02. The molecule has 7 heteroatoms. The van der Waals surface area contributed by atoms with E-state index in [9.17, 15) is 8.42 Å². The quantitative estimate of drug-likeness (QED) is 0.348. The lowest BCUT2D eigenvalue weighted by molar-refractivity contribution is 0.595. The average molecular weight is 473 g/mol. The van der Waals surface area contributed by atoms with Crippen LogP contribution in [0.15, 0.2) is 82.7 Å². The van der Waals surface area contributed by atoms with Crippen molar-refractivity contribution in [3.8, 4) is 0 Å². The predicted octanol–water partition coefficient (Wildman–Crippen LogP) is 5.90. The molecule has 0 saturated carbocycles. The Kier molecular flexibility index (Phi) is 6.65. The molecule has 1 aromatic heterocycles. The van der Waals surface area contributed by atoms with Gasteiger partial charge in [-0.2, -0.15) is 0 Å². The van der Waals surface area contributed by atoms with Crippen molar-refractivity contribution < 1.29 is 8.42 Å². The maximum atomic E-state index is 13.5. The lowest BCUT2D eigenvalue weighted by Gasteiger charge is -2.16. The van der Waals surface area contributed by atoms with Crippen molar-refractivity contribution in [3.63, 3.8) is 0 Å². The van der Waals surface area contributed by atoms with Gasteiger partial charge in [-0.05, 0) is 68.7 Å². The van der Waals surface area contributed by atoms with E-state index in [1.54, 1.807) is 31.2 Å². The first kappa shape index (κ1) is 23.4. The monoisotopic (exact) mass is 472 g/mol. The molecule has 0 radical (unpaired) electrons. The van der Waals surface area contributed by atoms with E-state index in [4.69, 9.17) is 0 Å². The van der Waals surface area contributed by atoms with Gasteiger partial charge < -0.3 is 10.6 Å².